The first-order valence-corrected chi connectivity index (χ1v) is 5.96. The Morgan fingerprint density at radius 1 is 1.38 bits per heavy atom. The van der Waals surface area contributed by atoms with Gasteiger partial charge in [-0.25, -0.2) is 0 Å². The molecule has 0 aliphatic heterocycles. The quantitative estimate of drug-likeness (QED) is 0.426. The van der Waals surface area contributed by atoms with Crippen LogP contribution in [-0.4, -0.2) is 0 Å². The van der Waals surface area contributed by atoms with Gasteiger partial charge in [0.05, 0.1) is 0 Å². The predicted molar refractivity (Wildman–Crippen MR) is 77.6 cm³/mol. The lowest BCUT2D eigenvalue weighted by Crippen LogP contribution is -1.88. The molecule has 90 valence electrons. The third kappa shape index (κ3) is 10.8. The van der Waals surface area contributed by atoms with E-state index >= 15 is 0 Å². The standard InChI is InChI=1S/C11H14.C3H6.C2H6/c1-3-10(2)9-11-7-5-4-6-8-11;1-3-2;1-2/h3-5,7H,1-2,6,8-9H2;3H,1H2,2H3;1-2H3. The van der Waals surface area contributed by atoms with E-state index in [1.807, 2.05) is 26.8 Å². The zero-order valence-corrected chi connectivity index (χ0v) is 11.1. The fourth-order valence-electron chi connectivity index (χ4n) is 1.16. The van der Waals surface area contributed by atoms with Crippen LogP contribution in [0.15, 0.2) is 61.3 Å². The third-order valence-corrected chi connectivity index (χ3v) is 1.84. The fourth-order valence-corrected chi connectivity index (χ4v) is 1.16. The minimum absolute atomic E-state index is 0.994. The lowest BCUT2D eigenvalue weighted by molar-refractivity contribution is 0.914. The van der Waals surface area contributed by atoms with Crippen molar-refractivity contribution in [2.45, 2.75) is 40.0 Å². The van der Waals surface area contributed by atoms with Crippen LogP contribution in [0.5, 0.6) is 0 Å². The van der Waals surface area contributed by atoms with Gasteiger partial charge in [-0.05, 0) is 26.2 Å². The molecule has 0 aromatic carbocycles. The summed E-state index contributed by atoms with van der Waals surface area (Å²) < 4.78 is 0. The molecule has 16 heavy (non-hydrogen) atoms. The van der Waals surface area contributed by atoms with Gasteiger partial charge in [0.2, 0.25) is 0 Å². The maximum absolute atomic E-state index is 3.88. The summed E-state index contributed by atoms with van der Waals surface area (Å²) in [6.45, 7) is 16.8. The molecule has 0 unspecified atom stereocenters. The average molecular weight is 218 g/mol. The first-order chi connectivity index (χ1) is 7.74. The van der Waals surface area contributed by atoms with Crippen LogP contribution in [0.4, 0.5) is 0 Å². The molecule has 0 saturated carbocycles. The zero-order chi connectivity index (χ0) is 12.8. The van der Waals surface area contributed by atoms with E-state index in [0.717, 1.165) is 12.0 Å². The molecule has 0 heteroatoms. The van der Waals surface area contributed by atoms with Gasteiger partial charge in [-0.15, -0.1) is 6.58 Å². The molecular formula is C16H26. The highest BCUT2D eigenvalue weighted by Gasteiger charge is 1.99. The molecule has 0 amide bonds. The maximum atomic E-state index is 3.88. The van der Waals surface area contributed by atoms with Crippen LogP contribution < -0.4 is 0 Å². The highest BCUT2D eigenvalue weighted by atomic mass is 14.0. The number of hydrogen-bond donors (Lipinski definition) is 0. The molecule has 0 aromatic heterocycles. The minimum atomic E-state index is 0.994. The van der Waals surface area contributed by atoms with E-state index in [0.29, 0.717) is 0 Å². The summed E-state index contributed by atoms with van der Waals surface area (Å²) in [5, 5.41) is 0. The largest absolute Gasteiger partial charge is 0.103 e. The Morgan fingerprint density at radius 3 is 2.31 bits per heavy atom. The molecule has 0 spiro atoms. The van der Waals surface area contributed by atoms with Crippen molar-refractivity contribution in [3.8, 4) is 0 Å². The van der Waals surface area contributed by atoms with Crippen LogP contribution in [0, 0.1) is 0 Å². The van der Waals surface area contributed by atoms with Crippen molar-refractivity contribution in [1.29, 1.82) is 0 Å². The van der Waals surface area contributed by atoms with Crippen LogP contribution in [0.3, 0.4) is 0 Å². The molecule has 0 bridgehead atoms. The zero-order valence-electron chi connectivity index (χ0n) is 11.1. The van der Waals surface area contributed by atoms with Crippen LogP contribution in [0.2, 0.25) is 0 Å². The number of rotatable bonds is 3. The summed E-state index contributed by atoms with van der Waals surface area (Å²) >= 11 is 0. The Kier molecular flexibility index (Phi) is 14.6. The SMILES string of the molecule is C=CC.C=CC(=C)CC1=CC=CCC1.CC. The van der Waals surface area contributed by atoms with E-state index < -0.39 is 0 Å². The molecule has 0 atom stereocenters. The van der Waals surface area contributed by atoms with Crippen LogP contribution >= 0.6 is 0 Å². The predicted octanol–water partition coefficient (Wildman–Crippen LogP) is 5.61. The Hall–Kier alpha value is -1.30. The summed E-state index contributed by atoms with van der Waals surface area (Å²) in [6.07, 6.45) is 13.4. The summed E-state index contributed by atoms with van der Waals surface area (Å²) in [7, 11) is 0. The second kappa shape index (κ2) is 13.7. The van der Waals surface area contributed by atoms with Gasteiger partial charge in [-0.2, -0.15) is 0 Å². The van der Waals surface area contributed by atoms with Gasteiger partial charge >= 0.3 is 0 Å². The average Bonchev–Trinajstić information content (AvgIpc) is 2.34. The summed E-state index contributed by atoms with van der Waals surface area (Å²) in [4.78, 5) is 0. The first-order valence-electron chi connectivity index (χ1n) is 5.96. The van der Waals surface area contributed by atoms with Crippen molar-refractivity contribution in [2.75, 3.05) is 0 Å². The van der Waals surface area contributed by atoms with Crippen molar-refractivity contribution in [3.63, 3.8) is 0 Å². The normalized spacial score (nSPS) is 12.1. The molecule has 1 aliphatic carbocycles. The lowest BCUT2D eigenvalue weighted by Gasteiger charge is -2.07. The molecule has 0 aromatic rings. The molecule has 0 heterocycles. The Bertz CT molecular complexity index is 251. The Balaban J connectivity index is 0. The third-order valence-electron chi connectivity index (χ3n) is 1.84. The number of hydrogen-bond acceptors (Lipinski definition) is 0. The highest BCUT2D eigenvalue weighted by Crippen LogP contribution is 2.18. The van der Waals surface area contributed by atoms with E-state index in [4.69, 9.17) is 0 Å². The Labute approximate surface area is 102 Å². The van der Waals surface area contributed by atoms with Crippen molar-refractivity contribution in [3.05, 3.63) is 61.3 Å². The second-order valence-electron chi connectivity index (χ2n) is 3.24. The molecule has 0 nitrogen and oxygen atoms in total. The van der Waals surface area contributed by atoms with Crippen LogP contribution in [0.1, 0.15) is 40.0 Å². The molecule has 1 rings (SSSR count). The van der Waals surface area contributed by atoms with Gasteiger partial charge < -0.3 is 0 Å². The summed E-state index contributed by atoms with van der Waals surface area (Å²) in [5.74, 6) is 0. The molecule has 0 saturated heterocycles. The van der Waals surface area contributed by atoms with E-state index in [9.17, 15) is 0 Å². The van der Waals surface area contributed by atoms with Crippen molar-refractivity contribution in [1.82, 2.24) is 0 Å². The first kappa shape index (κ1) is 17.1. The fraction of sp³-hybridized carbons (Fsp3) is 0.375. The van der Waals surface area contributed by atoms with Gasteiger partial charge in [-0.1, -0.05) is 68.5 Å². The van der Waals surface area contributed by atoms with Crippen molar-refractivity contribution in [2.24, 2.45) is 0 Å². The minimum Gasteiger partial charge on any atom is -0.103 e. The summed E-state index contributed by atoms with van der Waals surface area (Å²) in [6, 6.07) is 0. The van der Waals surface area contributed by atoms with Gasteiger partial charge in [-0.3, -0.25) is 0 Å². The highest BCUT2D eigenvalue weighted by molar-refractivity contribution is 5.26. The van der Waals surface area contributed by atoms with Gasteiger partial charge in [0.1, 0.15) is 0 Å². The van der Waals surface area contributed by atoms with Gasteiger partial charge in [0.25, 0.3) is 0 Å². The molecule has 1 aliphatic rings. The van der Waals surface area contributed by atoms with Gasteiger partial charge in [0, 0.05) is 0 Å². The molecule has 0 N–H and O–H groups in total. The topological polar surface area (TPSA) is 0 Å². The lowest BCUT2D eigenvalue weighted by atomic mass is 9.98. The molecule has 0 fully saturated rings. The van der Waals surface area contributed by atoms with Crippen molar-refractivity contribution < 1.29 is 0 Å². The second-order valence-corrected chi connectivity index (χ2v) is 3.24. The Morgan fingerprint density at radius 2 is 1.94 bits per heavy atom. The van der Waals surface area contributed by atoms with Gasteiger partial charge in [0.15, 0.2) is 0 Å². The smallest absolute Gasteiger partial charge is 0.00700 e. The van der Waals surface area contributed by atoms with Crippen molar-refractivity contribution >= 4 is 0 Å². The van der Waals surface area contributed by atoms with E-state index in [-0.39, 0.29) is 0 Å². The molecular weight excluding hydrogens is 192 g/mol. The van der Waals surface area contributed by atoms with Crippen LogP contribution in [0.25, 0.3) is 0 Å². The van der Waals surface area contributed by atoms with E-state index in [1.54, 1.807) is 6.08 Å². The summed E-state index contributed by atoms with van der Waals surface area (Å²) in [5.41, 5.74) is 2.59. The van der Waals surface area contributed by atoms with Crippen LogP contribution in [-0.2, 0) is 0 Å². The maximum Gasteiger partial charge on any atom is -0.00700 e. The number of allylic oxidation sites excluding steroid dienone is 7. The molecule has 0 radical (unpaired) electrons. The van der Waals surface area contributed by atoms with E-state index in [1.165, 1.54) is 18.4 Å². The monoisotopic (exact) mass is 218 g/mol. The van der Waals surface area contributed by atoms with E-state index in [2.05, 4.69) is 38.0 Å².